The average Bonchev–Trinajstić information content (AvgIpc) is 2.57. The highest BCUT2D eigenvalue weighted by Gasteiger charge is 2.05. The molecule has 0 atom stereocenters. The molecule has 3 rings (SSSR count). The van der Waals surface area contributed by atoms with Crippen molar-refractivity contribution in [2.24, 2.45) is 0 Å². The second-order valence-corrected chi connectivity index (χ2v) is 6.47. The van der Waals surface area contributed by atoms with E-state index in [0.717, 1.165) is 29.4 Å². The summed E-state index contributed by atoms with van der Waals surface area (Å²) < 4.78 is 0. The predicted molar refractivity (Wildman–Crippen MR) is 105 cm³/mol. The van der Waals surface area contributed by atoms with Gasteiger partial charge in [-0.25, -0.2) is 4.98 Å². The maximum atomic E-state index is 6.19. The Bertz CT molecular complexity index is 868. The van der Waals surface area contributed by atoms with Crippen LogP contribution in [0.3, 0.4) is 0 Å². The Labute approximate surface area is 157 Å². The number of para-hydroxylation sites is 1. The number of nitrogens with one attached hydrogen (secondary N) is 2. The van der Waals surface area contributed by atoms with Gasteiger partial charge < -0.3 is 10.6 Å². The van der Waals surface area contributed by atoms with Gasteiger partial charge in [0.25, 0.3) is 0 Å². The molecule has 0 amide bonds. The molecule has 0 aliphatic rings. The number of rotatable bonds is 6. The van der Waals surface area contributed by atoms with Crippen molar-refractivity contribution in [1.29, 1.82) is 0 Å². The summed E-state index contributed by atoms with van der Waals surface area (Å²) in [5.41, 5.74) is 2.85. The van der Waals surface area contributed by atoms with Crippen LogP contribution in [-0.2, 0) is 6.42 Å². The maximum Gasteiger partial charge on any atom is 0.224 e. The summed E-state index contributed by atoms with van der Waals surface area (Å²) in [7, 11) is 0. The number of halogens is 2. The number of nitrogens with zero attached hydrogens (tertiary/aromatic N) is 2. The molecule has 25 heavy (non-hydrogen) atoms. The van der Waals surface area contributed by atoms with Gasteiger partial charge in [-0.15, -0.1) is 0 Å². The first kappa shape index (κ1) is 17.5. The first-order valence-electron chi connectivity index (χ1n) is 7.96. The maximum absolute atomic E-state index is 6.19. The van der Waals surface area contributed by atoms with Gasteiger partial charge in [-0.1, -0.05) is 47.5 Å². The number of benzene rings is 2. The molecule has 0 saturated heterocycles. The van der Waals surface area contributed by atoms with E-state index >= 15 is 0 Å². The molecule has 2 aromatic carbocycles. The fraction of sp³-hybridized carbons (Fsp3) is 0.158. The Morgan fingerprint density at radius 1 is 0.960 bits per heavy atom. The number of aryl methyl sites for hydroxylation is 1. The summed E-state index contributed by atoms with van der Waals surface area (Å²) in [6.45, 7) is 2.65. The van der Waals surface area contributed by atoms with Gasteiger partial charge in [0.05, 0.1) is 10.7 Å². The van der Waals surface area contributed by atoms with Gasteiger partial charge in [-0.3, -0.25) is 0 Å². The molecule has 0 radical (unpaired) electrons. The second-order valence-electron chi connectivity index (χ2n) is 5.63. The first-order valence-corrected chi connectivity index (χ1v) is 8.71. The van der Waals surface area contributed by atoms with Crippen molar-refractivity contribution in [2.75, 3.05) is 17.2 Å². The summed E-state index contributed by atoms with van der Waals surface area (Å²) in [6, 6.07) is 17.3. The Morgan fingerprint density at radius 3 is 2.60 bits per heavy atom. The van der Waals surface area contributed by atoms with Crippen LogP contribution in [0.4, 0.5) is 17.5 Å². The third-order valence-corrected chi connectivity index (χ3v) is 4.14. The lowest BCUT2D eigenvalue weighted by Crippen LogP contribution is -2.09. The van der Waals surface area contributed by atoms with Crippen LogP contribution in [-0.4, -0.2) is 16.5 Å². The molecule has 1 aromatic heterocycles. The predicted octanol–water partition coefficient (Wildman–Crippen LogP) is 5.49. The highest BCUT2D eigenvalue weighted by molar-refractivity contribution is 6.33. The molecule has 128 valence electrons. The summed E-state index contributed by atoms with van der Waals surface area (Å²) >= 11 is 12.2. The minimum Gasteiger partial charge on any atom is -0.354 e. The van der Waals surface area contributed by atoms with Crippen LogP contribution in [0.15, 0.2) is 54.6 Å². The zero-order valence-corrected chi connectivity index (χ0v) is 15.3. The van der Waals surface area contributed by atoms with Gasteiger partial charge in [0.15, 0.2) is 0 Å². The van der Waals surface area contributed by atoms with E-state index in [0.29, 0.717) is 16.8 Å². The van der Waals surface area contributed by atoms with Crippen molar-refractivity contribution in [2.45, 2.75) is 13.3 Å². The quantitative estimate of drug-likeness (QED) is 0.600. The summed E-state index contributed by atoms with van der Waals surface area (Å²) in [5, 5.41) is 7.88. The normalized spacial score (nSPS) is 10.5. The van der Waals surface area contributed by atoms with E-state index in [9.17, 15) is 0 Å². The van der Waals surface area contributed by atoms with Crippen LogP contribution in [0.2, 0.25) is 10.0 Å². The number of hydrogen-bond donors (Lipinski definition) is 2. The van der Waals surface area contributed by atoms with Gasteiger partial charge in [0.1, 0.15) is 5.82 Å². The lowest BCUT2D eigenvalue weighted by Gasteiger charge is -2.11. The topological polar surface area (TPSA) is 49.8 Å². The molecule has 0 aliphatic heterocycles. The Balaban J connectivity index is 1.66. The van der Waals surface area contributed by atoms with E-state index in [-0.39, 0.29) is 0 Å². The van der Waals surface area contributed by atoms with Gasteiger partial charge in [0.2, 0.25) is 5.95 Å². The minimum atomic E-state index is 0.580. The van der Waals surface area contributed by atoms with Crippen LogP contribution in [0.1, 0.15) is 11.3 Å². The van der Waals surface area contributed by atoms with E-state index in [1.54, 1.807) is 0 Å². The smallest absolute Gasteiger partial charge is 0.224 e. The van der Waals surface area contributed by atoms with Crippen LogP contribution in [0, 0.1) is 6.92 Å². The summed E-state index contributed by atoms with van der Waals surface area (Å²) in [5.74, 6) is 1.28. The molecule has 3 aromatic rings. The molecular weight excluding hydrogens is 355 g/mol. The second kappa shape index (κ2) is 8.19. The highest BCUT2D eigenvalue weighted by Crippen LogP contribution is 2.24. The first-order chi connectivity index (χ1) is 12.1. The van der Waals surface area contributed by atoms with Crippen LogP contribution in [0.25, 0.3) is 0 Å². The summed E-state index contributed by atoms with van der Waals surface area (Å²) in [6.07, 6.45) is 0.838. The van der Waals surface area contributed by atoms with E-state index < -0.39 is 0 Å². The Kier molecular flexibility index (Phi) is 5.74. The van der Waals surface area contributed by atoms with Crippen molar-refractivity contribution in [3.05, 3.63) is 75.9 Å². The molecule has 1 heterocycles. The van der Waals surface area contributed by atoms with Gasteiger partial charge in [-0.2, -0.15) is 4.98 Å². The largest absolute Gasteiger partial charge is 0.354 e. The lowest BCUT2D eigenvalue weighted by molar-refractivity contribution is 0.976. The fourth-order valence-corrected chi connectivity index (χ4v) is 2.82. The van der Waals surface area contributed by atoms with Crippen molar-refractivity contribution < 1.29 is 0 Å². The van der Waals surface area contributed by atoms with Crippen molar-refractivity contribution >= 4 is 40.7 Å². The van der Waals surface area contributed by atoms with E-state index in [1.165, 1.54) is 5.56 Å². The number of hydrogen-bond acceptors (Lipinski definition) is 4. The molecule has 6 heteroatoms. The van der Waals surface area contributed by atoms with Crippen molar-refractivity contribution in [1.82, 2.24) is 9.97 Å². The molecule has 4 nitrogen and oxygen atoms in total. The third kappa shape index (κ3) is 5.08. The number of anilines is 3. The molecule has 0 saturated carbocycles. The van der Waals surface area contributed by atoms with E-state index in [4.69, 9.17) is 23.2 Å². The monoisotopic (exact) mass is 372 g/mol. The van der Waals surface area contributed by atoms with Gasteiger partial charge >= 0.3 is 0 Å². The molecule has 0 spiro atoms. The zero-order chi connectivity index (χ0) is 17.6. The van der Waals surface area contributed by atoms with Crippen LogP contribution < -0.4 is 10.6 Å². The minimum absolute atomic E-state index is 0.580. The lowest BCUT2D eigenvalue weighted by atomic mass is 10.1. The van der Waals surface area contributed by atoms with E-state index in [2.05, 4.69) is 26.7 Å². The zero-order valence-electron chi connectivity index (χ0n) is 13.8. The SMILES string of the molecule is Cc1cc(Nc2ccccc2Cl)nc(NCCc2cccc(Cl)c2)n1. The van der Waals surface area contributed by atoms with Crippen molar-refractivity contribution in [3.8, 4) is 0 Å². The molecule has 0 bridgehead atoms. The molecular formula is C19H18Cl2N4. The van der Waals surface area contributed by atoms with Crippen molar-refractivity contribution in [3.63, 3.8) is 0 Å². The summed E-state index contributed by atoms with van der Waals surface area (Å²) in [4.78, 5) is 8.93. The highest BCUT2D eigenvalue weighted by atomic mass is 35.5. The molecule has 2 N–H and O–H groups in total. The van der Waals surface area contributed by atoms with E-state index in [1.807, 2.05) is 55.5 Å². The average molecular weight is 373 g/mol. The van der Waals surface area contributed by atoms with Crippen LogP contribution in [0.5, 0.6) is 0 Å². The Morgan fingerprint density at radius 2 is 1.80 bits per heavy atom. The number of aromatic nitrogens is 2. The van der Waals surface area contributed by atoms with Gasteiger partial charge in [0, 0.05) is 23.3 Å². The molecule has 0 unspecified atom stereocenters. The fourth-order valence-electron chi connectivity index (χ4n) is 2.42. The van der Waals surface area contributed by atoms with Crippen LogP contribution >= 0.6 is 23.2 Å². The Hall–Kier alpha value is -2.30. The third-order valence-electron chi connectivity index (χ3n) is 3.58. The standard InChI is InChI=1S/C19H18Cl2N4/c1-13-11-18(24-17-8-3-2-7-16(17)21)25-19(23-13)22-10-9-14-5-4-6-15(20)12-14/h2-8,11-12H,9-10H2,1H3,(H2,22,23,24,25). The molecule has 0 aliphatic carbocycles. The van der Waals surface area contributed by atoms with Gasteiger partial charge in [-0.05, 0) is 43.2 Å². The molecule has 0 fully saturated rings.